The monoisotopic (exact) mass is 496 g/mol. The number of carbonyl (C=O) groups excluding carboxylic acids is 1. The Morgan fingerprint density at radius 1 is 1.08 bits per heavy atom. The second-order valence-electron chi connectivity index (χ2n) is 9.11. The minimum absolute atomic E-state index is 0.0268. The van der Waals surface area contributed by atoms with Crippen molar-refractivity contribution in [2.75, 3.05) is 37.8 Å². The molecule has 2 aromatic carbocycles. The number of aryl methyl sites for hydroxylation is 1. The fraction of sp³-hybridized carbons (Fsp3) is 0.360. The summed E-state index contributed by atoms with van der Waals surface area (Å²) in [5, 5.41) is 25.9. The predicted octanol–water partition coefficient (Wildman–Crippen LogP) is 2.88. The number of phenols is 1. The Morgan fingerprint density at radius 2 is 1.75 bits per heavy atom. The number of anilines is 3. The first kappa shape index (κ1) is 24.8. The smallest absolute Gasteiger partial charge is 0.407 e. The average molecular weight is 497 g/mol. The number of para-hydroxylation sites is 1. The number of amides is 2. The zero-order chi connectivity index (χ0) is 26.1. The lowest BCUT2D eigenvalue weighted by Crippen LogP contribution is -2.42. The Labute approximate surface area is 206 Å². The van der Waals surface area contributed by atoms with Gasteiger partial charge in [0.05, 0.1) is 17.3 Å². The highest BCUT2D eigenvalue weighted by Gasteiger charge is 2.34. The molecule has 0 radical (unpaired) electrons. The first-order valence-electron chi connectivity index (χ1n) is 11.5. The van der Waals surface area contributed by atoms with E-state index in [0.717, 1.165) is 0 Å². The van der Waals surface area contributed by atoms with Crippen molar-refractivity contribution >= 4 is 29.1 Å². The van der Waals surface area contributed by atoms with Crippen LogP contribution in [-0.4, -0.2) is 59.2 Å². The van der Waals surface area contributed by atoms with Gasteiger partial charge in [-0.3, -0.25) is 14.4 Å². The first-order valence-corrected chi connectivity index (χ1v) is 11.5. The molecule has 36 heavy (non-hydrogen) atoms. The van der Waals surface area contributed by atoms with Crippen molar-refractivity contribution in [2.24, 2.45) is 5.92 Å². The van der Waals surface area contributed by atoms with E-state index in [2.05, 4.69) is 10.6 Å². The molecule has 0 saturated carbocycles. The number of phenolic OH excluding ortho intramolecular Hbond substituents is 1. The van der Waals surface area contributed by atoms with Crippen LogP contribution in [0.2, 0.25) is 0 Å². The third-order valence-electron chi connectivity index (χ3n) is 6.49. The molecule has 4 rings (SSSR count). The summed E-state index contributed by atoms with van der Waals surface area (Å²) < 4.78 is 5.83. The fourth-order valence-corrected chi connectivity index (χ4v) is 4.46. The lowest BCUT2D eigenvalue weighted by Gasteiger charge is -2.35. The Balaban J connectivity index is 1.62. The van der Waals surface area contributed by atoms with Gasteiger partial charge in [0.1, 0.15) is 22.9 Å². The van der Waals surface area contributed by atoms with E-state index in [4.69, 9.17) is 4.42 Å². The quantitative estimate of drug-likeness (QED) is 0.286. The summed E-state index contributed by atoms with van der Waals surface area (Å²) in [6.45, 7) is 2.48. The van der Waals surface area contributed by atoms with E-state index in [9.17, 15) is 29.4 Å². The molecular formula is C25H28N4O7. The highest BCUT2D eigenvalue weighted by atomic mass is 16.4. The molecule has 1 aromatic heterocycles. The number of benzene rings is 1. The maximum absolute atomic E-state index is 12.6. The van der Waals surface area contributed by atoms with Gasteiger partial charge in [0.15, 0.2) is 5.75 Å². The highest BCUT2D eigenvalue weighted by molar-refractivity contribution is 5.99. The molecule has 11 nitrogen and oxygen atoms in total. The summed E-state index contributed by atoms with van der Waals surface area (Å²) >= 11 is 0. The van der Waals surface area contributed by atoms with Gasteiger partial charge in [-0.1, -0.05) is 6.07 Å². The molecule has 1 aliphatic rings. The van der Waals surface area contributed by atoms with Crippen LogP contribution in [0.5, 0.6) is 5.75 Å². The maximum atomic E-state index is 12.6. The molecule has 1 unspecified atom stereocenters. The number of nitrogens with zero attached hydrogens (tertiary/aromatic N) is 2. The van der Waals surface area contributed by atoms with Crippen LogP contribution in [0, 0.1) is 12.8 Å². The topological polar surface area (TPSA) is 152 Å². The number of carboxylic acid groups (broad SMARTS) is 1. The Kier molecular flexibility index (Phi) is 6.73. The predicted molar refractivity (Wildman–Crippen MR) is 133 cm³/mol. The van der Waals surface area contributed by atoms with E-state index in [1.165, 1.54) is 21.9 Å². The summed E-state index contributed by atoms with van der Waals surface area (Å²) in [5.41, 5.74) is -1.29. The second kappa shape index (κ2) is 9.76. The summed E-state index contributed by atoms with van der Waals surface area (Å²) in [6.07, 6.45) is 0.102. The van der Waals surface area contributed by atoms with Crippen molar-refractivity contribution in [1.29, 1.82) is 0 Å². The van der Waals surface area contributed by atoms with E-state index >= 15 is 0 Å². The van der Waals surface area contributed by atoms with E-state index < -0.39 is 28.9 Å². The molecule has 2 heterocycles. The SMILES string of the molecule is Cc1ccc(C(Nc2c(Nc3cccc(C(=O)N(C)C)c3O)c(=O)c2=O)C2CCN(C(=O)O)CC2)o1. The molecule has 2 amide bonds. The molecule has 1 fully saturated rings. The van der Waals surface area contributed by atoms with Gasteiger partial charge in [0.2, 0.25) is 0 Å². The largest absolute Gasteiger partial charge is 0.505 e. The molecule has 0 spiro atoms. The number of rotatable bonds is 7. The van der Waals surface area contributed by atoms with Gasteiger partial charge in [-0.25, -0.2) is 4.79 Å². The van der Waals surface area contributed by atoms with Crippen LogP contribution < -0.4 is 21.5 Å². The maximum Gasteiger partial charge on any atom is 0.407 e. The summed E-state index contributed by atoms with van der Waals surface area (Å²) in [7, 11) is 3.11. The highest BCUT2D eigenvalue weighted by Crippen LogP contribution is 2.37. The molecule has 0 bridgehead atoms. The molecule has 1 saturated heterocycles. The van der Waals surface area contributed by atoms with Crippen molar-refractivity contribution in [3.63, 3.8) is 0 Å². The van der Waals surface area contributed by atoms with Crippen LogP contribution in [0.1, 0.15) is 40.8 Å². The molecule has 190 valence electrons. The van der Waals surface area contributed by atoms with Crippen molar-refractivity contribution in [2.45, 2.75) is 25.8 Å². The van der Waals surface area contributed by atoms with Crippen LogP contribution in [0.4, 0.5) is 21.9 Å². The lowest BCUT2D eigenvalue weighted by molar-refractivity contribution is 0.0824. The minimum atomic E-state index is -0.976. The number of furan rings is 1. The van der Waals surface area contributed by atoms with Gasteiger partial charge in [-0.15, -0.1) is 0 Å². The third-order valence-corrected chi connectivity index (χ3v) is 6.49. The van der Waals surface area contributed by atoms with Gasteiger partial charge in [-0.2, -0.15) is 0 Å². The first-order chi connectivity index (χ1) is 17.1. The van der Waals surface area contributed by atoms with Gasteiger partial charge >= 0.3 is 6.09 Å². The summed E-state index contributed by atoms with van der Waals surface area (Å²) in [5.74, 6) is 0.435. The lowest BCUT2D eigenvalue weighted by atomic mass is 9.87. The van der Waals surface area contributed by atoms with Crippen LogP contribution in [0.3, 0.4) is 0 Å². The fourth-order valence-electron chi connectivity index (χ4n) is 4.46. The summed E-state index contributed by atoms with van der Waals surface area (Å²) in [4.78, 5) is 51.4. The van der Waals surface area contributed by atoms with Crippen LogP contribution >= 0.6 is 0 Å². The van der Waals surface area contributed by atoms with Crippen LogP contribution in [0.15, 0.2) is 44.3 Å². The standard InChI is InChI=1S/C25H28N4O7/c1-13-7-8-17(36-13)18(14-9-11-29(12-10-14)25(34)35)27-20-19(22(31)23(20)32)26-16-6-4-5-15(21(16)30)24(33)28(2)3/h4-8,14,18,26-27,30H,9-12H2,1-3H3,(H,34,35). The van der Waals surface area contributed by atoms with E-state index in [-0.39, 0.29) is 34.3 Å². The van der Waals surface area contributed by atoms with E-state index in [1.54, 1.807) is 39.2 Å². The zero-order valence-electron chi connectivity index (χ0n) is 20.2. The normalized spacial score (nSPS) is 15.0. The van der Waals surface area contributed by atoms with Gasteiger partial charge in [0, 0.05) is 27.2 Å². The number of carbonyl (C=O) groups is 2. The number of nitrogens with one attached hydrogen (secondary N) is 2. The number of hydrogen-bond donors (Lipinski definition) is 4. The number of aromatic hydroxyl groups is 1. The van der Waals surface area contributed by atoms with E-state index in [0.29, 0.717) is 37.5 Å². The van der Waals surface area contributed by atoms with Crippen molar-refractivity contribution < 1.29 is 24.2 Å². The van der Waals surface area contributed by atoms with Gasteiger partial charge in [-0.05, 0) is 49.9 Å². The third kappa shape index (κ3) is 4.64. The van der Waals surface area contributed by atoms with Crippen LogP contribution in [-0.2, 0) is 0 Å². The molecule has 1 atom stereocenters. The molecule has 11 heteroatoms. The molecule has 0 aliphatic carbocycles. The minimum Gasteiger partial charge on any atom is -0.505 e. The number of likely N-dealkylation sites (tertiary alicyclic amines) is 1. The number of hydrogen-bond acceptors (Lipinski definition) is 8. The summed E-state index contributed by atoms with van der Waals surface area (Å²) in [6, 6.07) is 7.62. The van der Waals surface area contributed by atoms with Gasteiger partial charge < -0.3 is 35.1 Å². The zero-order valence-corrected chi connectivity index (χ0v) is 20.2. The van der Waals surface area contributed by atoms with Crippen molar-refractivity contribution in [3.8, 4) is 5.75 Å². The van der Waals surface area contributed by atoms with Gasteiger partial charge in [0.25, 0.3) is 16.8 Å². The molecular weight excluding hydrogens is 468 g/mol. The Bertz CT molecular complexity index is 1360. The molecule has 3 aromatic rings. The molecule has 4 N–H and O–H groups in total. The van der Waals surface area contributed by atoms with E-state index in [1.807, 2.05) is 0 Å². The Morgan fingerprint density at radius 3 is 2.33 bits per heavy atom. The van der Waals surface area contributed by atoms with Crippen LogP contribution in [0.25, 0.3) is 0 Å². The average Bonchev–Trinajstić information content (AvgIpc) is 3.29. The Hall–Kier alpha value is -4.28. The van der Waals surface area contributed by atoms with Crippen molar-refractivity contribution in [3.05, 3.63) is 67.9 Å². The molecule has 1 aliphatic heterocycles. The number of piperidine rings is 1. The van der Waals surface area contributed by atoms with Crippen molar-refractivity contribution in [1.82, 2.24) is 9.80 Å². The second-order valence-corrected chi connectivity index (χ2v) is 9.11.